The van der Waals surface area contributed by atoms with Gasteiger partial charge in [0.1, 0.15) is 5.75 Å². The molecule has 0 saturated carbocycles. The fourth-order valence-electron chi connectivity index (χ4n) is 1.50. The van der Waals surface area contributed by atoms with E-state index in [1.807, 2.05) is 18.2 Å². The highest BCUT2D eigenvalue weighted by molar-refractivity contribution is 5.54. The van der Waals surface area contributed by atoms with Crippen LogP contribution in [0.3, 0.4) is 0 Å². The van der Waals surface area contributed by atoms with Crippen LogP contribution in [0.1, 0.15) is 19.4 Å². The predicted molar refractivity (Wildman–Crippen MR) is 72.7 cm³/mol. The molecule has 0 heterocycles. The zero-order valence-corrected chi connectivity index (χ0v) is 11.4. The van der Waals surface area contributed by atoms with E-state index in [-0.39, 0.29) is 0 Å². The first-order chi connectivity index (χ1) is 8.63. The van der Waals surface area contributed by atoms with Gasteiger partial charge in [-0.05, 0) is 23.6 Å². The molecule has 2 N–H and O–H groups in total. The standard InChI is InChI=1S/C14H23NO3/c1-11(2)9-17-6-7-18-10-12-4-5-14(16-3)13(15)8-12/h4-5,8,11H,6-7,9-10,15H2,1-3H3. The van der Waals surface area contributed by atoms with Gasteiger partial charge in [-0.3, -0.25) is 0 Å². The van der Waals surface area contributed by atoms with Gasteiger partial charge in [0.2, 0.25) is 0 Å². The minimum absolute atomic E-state index is 0.541. The molecule has 0 aliphatic rings. The Kier molecular flexibility index (Phi) is 6.54. The largest absolute Gasteiger partial charge is 0.495 e. The fraction of sp³-hybridized carbons (Fsp3) is 0.571. The van der Waals surface area contributed by atoms with Crippen molar-refractivity contribution < 1.29 is 14.2 Å². The van der Waals surface area contributed by atoms with Gasteiger partial charge in [-0.1, -0.05) is 19.9 Å². The van der Waals surface area contributed by atoms with E-state index in [9.17, 15) is 0 Å². The summed E-state index contributed by atoms with van der Waals surface area (Å²) in [6.07, 6.45) is 0. The van der Waals surface area contributed by atoms with Crippen molar-refractivity contribution in [2.45, 2.75) is 20.5 Å². The average Bonchev–Trinajstić information content (AvgIpc) is 2.33. The van der Waals surface area contributed by atoms with Crippen LogP contribution in [-0.2, 0) is 16.1 Å². The van der Waals surface area contributed by atoms with E-state index in [0.29, 0.717) is 37.2 Å². The Morgan fingerprint density at radius 2 is 1.89 bits per heavy atom. The molecule has 102 valence electrons. The highest BCUT2D eigenvalue weighted by Gasteiger charge is 2.01. The van der Waals surface area contributed by atoms with Crippen molar-refractivity contribution in [1.82, 2.24) is 0 Å². The molecule has 1 aromatic carbocycles. The average molecular weight is 253 g/mol. The summed E-state index contributed by atoms with van der Waals surface area (Å²) >= 11 is 0. The van der Waals surface area contributed by atoms with Crippen molar-refractivity contribution in [2.24, 2.45) is 5.92 Å². The molecule has 0 saturated heterocycles. The van der Waals surface area contributed by atoms with Crippen molar-refractivity contribution in [3.8, 4) is 5.75 Å². The quantitative estimate of drug-likeness (QED) is 0.571. The molecular weight excluding hydrogens is 230 g/mol. The fourth-order valence-corrected chi connectivity index (χ4v) is 1.50. The van der Waals surface area contributed by atoms with Crippen molar-refractivity contribution in [2.75, 3.05) is 32.7 Å². The summed E-state index contributed by atoms with van der Waals surface area (Å²) in [6.45, 7) is 6.79. The lowest BCUT2D eigenvalue weighted by Gasteiger charge is -2.09. The Labute approximate surface area is 109 Å². The van der Waals surface area contributed by atoms with Gasteiger partial charge in [-0.15, -0.1) is 0 Å². The molecule has 0 bridgehead atoms. The second kappa shape index (κ2) is 7.95. The molecule has 4 heteroatoms. The van der Waals surface area contributed by atoms with Gasteiger partial charge >= 0.3 is 0 Å². The van der Waals surface area contributed by atoms with E-state index in [1.165, 1.54) is 0 Å². The first-order valence-corrected chi connectivity index (χ1v) is 6.21. The van der Waals surface area contributed by atoms with Crippen LogP contribution in [0.15, 0.2) is 18.2 Å². The van der Waals surface area contributed by atoms with Gasteiger partial charge in [0.05, 0.1) is 32.6 Å². The minimum Gasteiger partial charge on any atom is -0.495 e. The Bertz CT molecular complexity index is 353. The molecule has 18 heavy (non-hydrogen) atoms. The molecule has 4 nitrogen and oxygen atoms in total. The lowest BCUT2D eigenvalue weighted by molar-refractivity contribution is 0.0314. The number of nitrogen functional groups attached to an aromatic ring is 1. The Hall–Kier alpha value is -1.26. The maximum absolute atomic E-state index is 5.81. The van der Waals surface area contributed by atoms with E-state index in [4.69, 9.17) is 19.9 Å². The zero-order valence-electron chi connectivity index (χ0n) is 11.4. The van der Waals surface area contributed by atoms with Crippen LogP contribution in [0.5, 0.6) is 5.75 Å². The molecule has 1 aromatic rings. The zero-order chi connectivity index (χ0) is 13.4. The summed E-state index contributed by atoms with van der Waals surface area (Å²) < 4.78 is 16.0. The summed E-state index contributed by atoms with van der Waals surface area (Å²) in [4.78, 5) is 0. The maximum atomic E-state index is 5.81. The first-order valence-electron chi connectivity index (χ1n) is 6.21. The molecule has 1 rings (SSSR count). The lowest BCUT2D eigenvalue weighted by Crippen LogP contribution is -2.08. The monoisotopic (exact) mass is 253 g/mol. The maximum Gasteiger partial charge on any atom is 0.141 e. The van der Waals surface area contributed by atoms with Crippen LogP contribution in [-0.4, -0.2) is 26.9 Å². The molecule has 0 radical (unpaired) electrons. The Balaban J connectivity index is 2.21. The molecule has 0 fully saturated rings. The SMILES string of the molecule is COc1ccc(COCCOCC(C)C)cc1N. The molecular formula is C14H23NO3. The minimum atomic E-state index is 0.541. The number of methoxy groups -OCH3 is 1. The van der Waals surface area contributed by atoms with Crippen LogP contribution in [0.2, 0.25) is 0 Å². The van der Waals surface area contributed by atoms with Crippen molar-refractivity contribution in [3.63, 3.8) is 0 Å². The van der Waals surface area contributed by atoms with Gasteiger partial charge in [0, 0.05) is 6.61 Å². The van der Waals surface area contributed by atoms with Crippen LogP contribution in [0.25, 0.3) is 0 Å². The van der Waals surface area contributed by atoms with Gasteiger partial charge in [0.15, 0.2) is 0 Å². The molecule has 0 atom stereocenters. The predicted octanol–water partition coefficient (Wildman–Crippen LogP) is 2.47. The second-order valence-electron chi connectivity index (χ2n) is 4.60. The number of hydrogen-bond acceptors (Lipinski definition) is 4. The van der Waals surface area contributed by atoms with Crippen LogP contribution < -0.4 is 10.5 Å². The first kappa shape index (κ1) is 14.8. The second-order valence-corrected chi connectivity index (χ2v) is 4.60. The van der Waals surface area contributed by atoms with Gasteiger partial charge < -0.3 is 19.9 Å². The highest BCUT2D eigenvalue weighted by atomic mass is 16.5. The van der Waals surface area contributed by atoms with Crippen molar-refractivity contribution in [1.29, 1.82) is 0 Å². The van der Waals surface area contributed by atoms with Gasteiger partial charge in [0.25, 0.3) is 0 Å². The molecule has 0 aliphatic carbocycles. The molecule has 0 aliphatic heterocycles. The number of benzene rings is 1. The van der Waals surface area contributed by atoms with E-state index in [0.717, 1.165) is 12.2 Å². The molecule has 0 spiro atoms. The topological polar surface area (TPSA) is 53.7 Å². The normalized spacial score (nSPS) is 10.9. The lowest BCUT2D eigenvalue weighted by atomic mass is 10.2. The molecule has 0 aromatic heterocycles. The third-order valence-corrected chi connectivity index (χ3v) is 2.39. The summed E-state index contributed by atoms with van der Waals surface area (Å²) in [5, 5.41) is 0. The van der Waals surface area contributed by atoms with Crippen molar-refractivity contribution >= 4 is 5.69 Å². The summed E-state index contributed by atoms with van der Waals surface area (Å²) in [6, 6.07) is 5.67. The summed E-state index contributed by atoms with van der Waals surface area (Å²) in [5.74, 6) is 1.26. The number of anilines is 1. The van der Waals surface area contributed by atoms with Crippen molar-refractivity contribution in [3.05, 3.63) is 23.8 Å². The Morgan fingerprint density at radius 1 is 1.17 bits per heavy atom. The number of ether oxygens (including phenoxy) is 3. The van der Waals surface area contributed by atoms with E-state index in [2.05, 4.69) is 13.8 Å². The van der Waals surface area contributed by atoms with E-state index >= 15 is 0 Å². The van der Waals surface area contributed by atoms with Gasteiger partial charge in [-0.25, -0.2) is 0 Å². The summed E-state index contributed by atoms with van der Waals surface area (Å²) in [5.41, 5.74) is 7.48. The van der Waals surface area contributed by atoms with E-state index in [1.54, 1.807) is 7.11 Å². The third kappa shape index (κ3) is 5.38. The smallest absolute Gasteiger partial charge is 0.141 e. The Morgan fingerprint density at radius 3 is 2.50 bits per heavy atom. The third-order valence-electron chi connectivity index (χ3n) is 2.39. The molecule has 0 amide bonds. The van der Waals surface area contributed by atoms with Gasteiger partial charge in [-0.2, -0.15) is 0 Å². The number of nitrogens with two attached hydrogens (primary N) is 1. The number of hydrogen-bond donors (Lipinski definition) is 1. The van der Waals surface area contributed by atoms with E-state index < -0.39 is 0 Å². The molecule has 0 unspecified atom stereocenters. The van der Waals surface area contributed by atoms with Crippen LogP contribution >= 0.6 is 0 Å². The van der Waals surface area contributed by atoms with Crippen LogP contribution in [0, 0.1) is 5.92 Å². The van der Waals surface area contributed by atoms with Crippen LogP contribution in [0.4, 0.5) is 5.69 Å². The highest BCUT2D eigenvalue weighted by Crippen LogP contribution is 2.22. The number of rotatable bonds is 8. The summed E-state index contributed by atoms with van der Waals surface area (Å²) in [7, 11) is 1.61.